The Morgan fingerprint density at radius 3 is 2.64 bits per heavy atom. The molecule has 0 aliphatic heterocycles. The number of rotatable bonds is 5. The van der Waals surface area contributed by atoms with Crippen LogP contribution < -0.4 is 0 Å². The number of carbonyl (C=O) groups is 2. The number of aryl methyl sites for hydroxylation is 1. The molecule has 1 N–H and O–H groups in total. The second-order valence-corrected chi connectivity index (χ2v) is 6.32. The predicted molar refractivity (Wildman–Crippen MR) is 92.8 cm³/mol. The SMILES string of the molecule is Cc1noc(C(C)C)c1C(=O)O[C@@H](C)C(=O)c1c[nH]c2ccccc12. The van der Waals surface area contributed by atoms with Gasteiger partial charge in [-0.3, -0.25) is 4.79 Å². The lowest BCUT2D eigenvalue weighted by atomic mass is 10.0. The molecule has 6 nitrogen and oxygen atoms in total. The fourth-order valence-electron chi connectivity index (χ4n) is 2.80. The molecule has 0 radical (unpaired) electrons. The third-order valence-electron chi connectivity index (χ3n) is 4.13. The summed E-state index contributed by atoms with van der Waals surface area (Å²) in [5.74, 6) is -0.397. The summed E-state index contributed by atoms with van der Waals surface area (Å²) in [5, 5.41) is 4.64. The van der Waals surface area contributed by atoms with Gasteiger partial charge in [-0.25, -0.2) is 4.79 Å². The smallest absolute Gasteiger partial charge is 0.344 e. The van der Waals surface area contributed by atoms with Crippen molar-refractivity contribution in [2.75, 3.05) is 0 Å². The molecule has 1 aromatic carbocycles. The fourth-order valence-corrected chi connectivity index (χ4v) is 2.80. The molecule has 6 heteroatoms. The summed E-state index contributed by atoms with van der Waals surface area (Å²) in [6.45, 7) is 7.05. The minimum atomic E-state index is -0.916. The van der Waals surface area contributed by atoms with E-state index < -0.39 is 12.1 Å². The summed E-state index contributed by atoms with van der Waals surface area (Å²) in [6, 6.07) is 7.49. The number of H-pyrrole nitrogens is 1. The Hall–Kier alpha value is -2.89. The van der Waals surface area contributed by atoms with Gasteiger partial charge in [-0.15, -0.1) is 0 Å². The number of ketones is 1. The molecule has 25 heavy (non-hydrogen) atoms. The highest BCUT2D eigenvalue weighted by molar-refractivity contribution is 6.10. The first-order chi connectivity index (χ1) is 11.9. The number of benzene rings is 1. The van der Waals surface area contributed by atoms with Crippen molar-refractivity contribution in [2.24, 2.45) is 0 Å². The molecule has 0 saturated heterocycles. The van der Waals surface area contributed by atoms with E-state index in [-0.39, 0.29) is 11.7 Å². The summed E-state index contributed by atoms with van der Waals surface area (Å²) in [6.07, 6.45) is 0.725. The Labute approximate surface area is 145 Å². The zero-order chi connectivity index (χ0) is 18.1. The first-order valence-electron chi connectivity index (χ1n) is 8.17. The maximum Gasteiger partial charge on any atom is 0.344 e. The van der Waals surface area contributed by atoms with Crippen molar-refractivity contribution in [2.45, 2.75) is 39.7 Å². The van der Waals surface area contributed by atoms with Crippen molar-refractivity contribution < 1.29 is 18.8 Å². The third kappa shape index (κ3) is 3.07. The van der Waals surface area contributed by atoms with E-state index in [1.807, 2.05) is 38.1 Å². The summed E-state index contributed by atoms with van der Waals surface area (Å²) in [5.41, 5.74) is 2.12. The van der Waals surface area contributed by atoms with Gasteiger partial charge >= 0.3 is 5.97 Å². The van der Waals surface area contributed by atoms with Gasteiger partial charge in [0, 0.05) is 28.6 Å². The molecule has 2 aromatic heterocycles. The van der Waals surface area contributed by atoms with E-state index in [9.17, 15) is 9.59 Å². The Kier molecular flexibility index (Phi) is 4.44. The van der Waals surface area contributed by atoms with E-state index in [2.05, 4.69) is 10.1 Å². The Morgan fingerprint density at radius 2 is 1.92 bits per heavy atom. The average molecular weight is 340 g/mol. The molecule has 0 saturated carbocycles. The fraction of sp³-hybridized carbons (Fsp3) is 0.316. The number of nitrogens with zero attached hydrogens (tertiary/aromatic N) is 1. The molecule has 0 aliphatic rings. The Balaban J connectivity index is 1.82. The quantitative estimate of drug-likeness (QED) is 0.560. The van der Waals surface area contributed by atoms with Gasteiger partial charge in [0.25, 0.3) is 0 Å². The normalized spacial score (nSPS) is 12.5. The van der Waals surface area contributed by atoms with Crippen molar-refractivity contribution in [1.29, 1.82) is 0 Å². The van der Waals surface area contributed by atoms with Gasteiger partial charge in [0.2, 0.25) is 5.78 Å². The highest BCUT2D eigenvalue weighted by Crippen LogP contribution is 2.24. The topological polar surface area (TPSA) is 85.2 Å². The number of fused-ring (bicyclic) bond motifs is 1. The molecule has 0 aliphatic carbocycles. The largest absolute Gasteiger partial charge is 0.451 e. The van der Waals surface area contributed by atoms with Crippen molar-refractivity contribution in [1.82, 2.24) is 10.1 Å². The number of carbonyl (C=O) groups excluding carboxylic acids is 2. The number of Topliss-reactive ketones (excluding diaryl/α,β-unsaturated/α-hetero) is 1. The number of para-hydroxylation sites is 1. The van der Waals surface area contributed by atoms with Crippen LogP contribution in [-0.4, -0.2) is 28.0 Å². The molecular weight excluding hydrogens is 320 g/mol. The highest BCUT2D eigenvalue weighted by Gasteiger charge is 2.28. The standard InChI is InChI=1S/C19H20N2O4/c1-10(2)18-16(11(3)21-25-18)19(23)24-12(4)17(22)14-9-20-15-8-6-5-7-13(14)15/h5-10,12,20H,1-4H3/t12-/m0/s1. The molecule has 2 heterocycles. The lowest BCUT2D eigenvalue weighted by Crippen LogP contribution is -2.25. The maximum atomic E-state index is 12.7. The van der Waals surface area contributed by atoms with E-state index in [0.717, 1.165) is 10.9 Å². The Bertz CT molecular complexity index is 936. The predicted octanol–water partition coefficient (Wildman–Crippen LogP) is 4.02. The molecule has 3 aromatic rings. The summed E-state index contributed by atoms with van der Waals surface area (Å²) in [7, 11) is 0. The molecule has 3 rings (SSSR count). The summed E-state index contributed by atoms with van der Waals surface area (Å²) >= 11 is 0. The molecular formula is C19H20N2O4. The molecule has 0 fully saturated rings. The van der Waals surface area contributed by atoms with Crippen LogP contribution >= 0.6 is 0 Å². The lowest BCUT2D eigenvalue weighted by Gasteiger charge is -2.12. The van der Waals surface area contributed by atoms with Gasteiger partial charge in [0.15, 0.2) is 11.9 Å². The zero-order valence-corrected chi connectivity index (χ0v) is 14.6. The van der Waals surface area contributed by atoms with Gasteiger partial charge in [0.1, 0.15) is 5.56 Å². The molecule has 0 unspecified atom stereocenters. The van der Waals surface area contributed by atoms with Crippen LogP contribution in [0.4, 0.5) is 0 Å². The first-order valence-corrected chi connectivity index (χ1v) is 8.17. The van der Waals surface area contributed by atoms with E-state index in [0.29, 0.717) is 22.6 Å². The number of aromatic nitrogens is 2. The minimum absolute atomic E-state index is 0.0108. The van der Waals surface area contributed by atoms with Crippen LogP contribution in [0.2, 0.25) is 0 Å². The number of ether oxygens (including phenoxy) is 1. The summed E-state index contributed by atoms with van der Waals surface area (Å²) in [4.78, 5) is 28.3. The third-order valence-corrected chi connectivity index (χ3v) is 4.13. The van der Waals surface area contributed by atoms with Crippen LogP contribution in [0.15, 0.2) is 35.0 Å². The molecule has 0 bridgehead atoms. The van der Waals surface area contributed by atoms with E-state index in [1.165, 1.54) is 0 Å². The van der Waals surface area contributed by atoms with Gasteiger partial charge in [-0.1, -0.05) is 37.2 Å². The van der Waals surface area contributed by atoms with Crippen LogP contribution in [0, 0.1) is 6.92 Å². The molecule has 0 amide bonds. The van der Waals surface area contributed by atoms with Crippen molar-refractivity contribution in [3.8, 4) is 0 Å². The second kappa shape index (κ2) is 6.55. The number of hydrogen-bond acceptors (Lipinski definition) is 5. The molecule has 0 spiro atoms. The van der Waals surface area contributed by atoms with Gasteiger partial charge in [-0.2, -0.15) is 0 Å². The lowest BCUT2D eigenvalue weighted by molar-refractivity contribution is 0.0316. The maximum absolute atomic E-state index is 12.7. The van der Waals surface area contributed by atoms with Crippen LogP contribution in [-0.2, 0) is 4.74 Å². The number of aromatic amines is 1. The van der Waals surface area contributed by atoms with Gasteiger partial charge < -0.3 is 14.2 Å². The van der Waals surface area contributed by atoms with Gasteiger partial charge in [0.05, 0.1) is 5.69 Å². The second-order valence-electron chi connectivity index (χ2n) is 6.32. The number of nitrogens with one attached hydrogen (secondary N) is 1. The minimum Gasteiger partial charge on any atom is -0.451 e. The van der Waals surface area contributed by atoms with E-state index in [4.69, 9.17) is 9.26 Å². The Morgan fingerprint density at radius 1 is 1.20 bits per heavy atom. The van der Waals surface area contributed by atoms with Crippen molar-refractivity contribution in [3.05, 3.63) is 53.0 Å². The average Bonchev–Trinajstić information content (AvgIpc) is 3.17. The number of esters is 1. The first kappa shape index (κ1) is 17.0. The molecule has 130 valence electrons. The summed E-state index contributed by atoms with van der Waals surface area (Å²) < 4.78 is 10.6. The molecule has 1 atom stereocenters. The van der Waals surface area contributed by atoms with Gasteiger partial charge in [-0.05, 0) is 19.9 Å². The monoisotopic (exact) mass is 340 g/mol. The number of hydrogen-bond donors (Lipinski definition) is 1. The van der Waals surface area contributed by atoms with Crippen LogP contribution in [0.1, 0.15) is 58.9 Å². The van der Waals surface area contributed by atoms with E-state index in [1.54, 1.807) is 20.0 Å². The van der Waals surface area contributed by atoms with E-state index >= 15 is 0 Å². The van der Waals surface area contributed by atoms with Crippen molar-refractivity contribution >= 4 is 22.7 Å². The highest BCUT2D eigenvalue weighted by atomic mass is 16.5. The van der Waals surface area contributed by atoms with Crippen LogP contribution in [0.5, 0.6) is 0 Å². The zero-order valence-electron chi connectivity index (χ0n) is 14.6. The van der Waals surface area contributed by atoms with Crippen molar-refractivity contribution in [3.63, 3.8) is 0 Å². The van der Waals surface area contributed by atoms with Crippen LogP contribution in [0.25, 0.3) is 10.9 Å². The van der Waals surface area contributed by atoms with Crippen LogP contribution in [0.3, 0.4) is 0 Å².